The number of anilines is 1. The van der Waals surface area contributed by atoms with Crippen LogP contribution in [0, 0.1) is 5.92 Å². The van der Waals surface area contributed by atoms with E-state index in [1.54, 1.807) is 31.2 Å². The molecule has 0 spiro atoms. The van der Waals surface area contributed by atoms with Crippen molar-refractivity contribution < 1.29 is 13.2 Å². The Labute approximate surface area is 115 Å². The number of rotatable bonds is 7. The van der Waals surface area contributed by atoms with Gasteiger partial charge in [0.15, 0.2) is 5.78 Å². The molecule has 5 heteroatoms. The topological polar surface area (TPSA) is 63.2 Å². The van der Waals surface area contributed by atoms with Crippen LogP contribution in [-0.2, 0) is 10.0 Å². The number of Topliss-reactive ketones (excluding diaryl/α,β-unsaturated/α-hetero) is 1. The lowest BCUT2D eigenvalue weighted by molar-refractivity contribution is 0.0913. The largest absolute Gasteiger partial charge is 0.294 e. The van der Waals surface area contributed by atoms with Gasteiger partial charge in [-0.3, -0.25) is 9.52 Å². The van der Waals surface area contributed by atoms with Gasteiger partial charge in [0.1, 0.15) is 0 Å². The fourth-order valence-corrected chi connectivity index (χ4v) is 2.49. The minimum absolute atomic E-state index is 0.0292. The quantitative estimate of drug-likeness (QED) is 0.782. The van der Waals surface area contributed by atoms with Gasteiger partial charge in [-0.2, -0.15) is 0 Å². The molecule has 0 radical (unpaired) electrons. The van der Waals surface area contributed by atoms with Crippen LogP contribution in [0.1, 0.15) is 44.0 Å². The van der Waals surface area contributed by atoms with Gasteiger partial charge in [-0.25, -0.2) is 8.42 Å². The molecule has 4 nitrogen and oxygen atoms in total. The normalized spacial score (nSPS) is 11.6. The molecule has 106 valence electrons. The molecular formula is C14H21NO3S. The highest BCUT2D eigenvalue weighted by molar-refractivity contribution is 7.92. The molecule has 0 aliphatic rings. The molecule has 19 heavy (non-hydrogen) atoms. The molecule has 0 unspecified atom stereocenters. The lowest BCUT2D eigenvalue weighted by atomic mass is 9.93. The summed E-state index contributed by atoms with van der Waals surface area (Å²) in [6.45, 7) is 5.57. The first-order valence-electron chi connectivity index (χ1n) is 6.58. The van der Waals surface area contributed by atoms with E-state index < -0.39 is 10.0 Å². The van der Waals surface area contributed by atoms with E-state index >= 15 is 0 Å². The van der Waals surface area contributed by atoms with E-state index in [1.807, 2.05) is 13.8 Å². The number of hydrogen-bond acceptors (Lipinski definition) is 3. The maximum absolute atomic E-state index is 12.1. The van der Waals surface area contributed by atoms with Crippen LogP contribution >= 0.6 is 0 Å². The molecule has 0 aliphatic heterocycles. The van der Waals surface area contributed by atoms with Crippen molar-refractivity contribution >= 4 is 21.5 Å². The second-order valence-electron chi connectivity index (χ2n) is 4.46. The Morgan fingerprint density at radius 3 is 2.05 bits per heavy atom. The van der Waals surface area contributed by atoms with Crippen LogP contribution in [0.3, 0.4) is 0 Å². The molecule has 1 rings (SSSR count). The summed E-state index contributed by atoms with van der Waals surface area (Å²) in [6.07, 6.45) is 1.64. The predicted molar refractivity (Wildman–Crippen MR) is 77.9 cm³/mol. The van der Waals surface area contributed by atoms with Crippen molar-refractivity contribution in [3.8, 4) is 0 Å². The molecule has 0 aliphatic carbocycles. The molecule has 0 saturated heterocycles. The van der Waals surface area contributed by atoms with Crippen LogP contribution in [0.25, 0.3) is 0 Å². The molecule has 0 amide bonds. The Kier molecular flexibility index (Phi) is 5.54. The summed E-state index contributed by atoms with van der Waals surface area (Å²) >= 11 is 0. The van der Waals surface area contributed by atoms with Crippen LogP contribution in [-0.4, -0.2) is 20.0 Å². The van der Waals surface area contributed by atoms with Crippen LogP contribution in [0.2, 0.25) is 0 Å². The Bertz CT molecular complexity index is 516. The molecule has 0 bridgehead atoms. The van der Waals surface area contributed by atoms with Crippen molar-refractivity contribution in [2.45, 2.75) is 33.6 Å². The predicted octanol–water partition coefficient (Wildman–Crippen LogP) is 3.07. The summed E-state index contributed by atoms with van der Waals surface area (Å²) in [5.74, 6) is 0.189. The first kappa shape index (κ1) is 15.7. The van der Waals surface area contributed by atoms with Crippen molar-refractivity contribution in [2.75, 3.05) is 10.5 Å². The van der Waals surface area contributed by atoms with Gasteiger partial charge < -0.3 is 0 Å². The summed E-state index contributed by atoms with van der Waals surface area (Å²) in [6, 6.07) is 6.61. The number of sulfonamides is 1. The number of hydrogen-bond donors (Lipinski definition) is 1. The lowest BCUT2D eigenvalue weighted by Crippen LogP contribution is -2.15. The van der Waals surface area contributed by atoms with Crippen molar-refractivity contribution in [3.63, 3.8) is 0 Å². The van der Waals surface area contributed by atoms with Crippen LogP contribution in [0.15, 0.2) is 24.3 Å². The van der Waals surface area contributed by atoms with Crippen molar-refractivity contribution in [3.05, 3.63) is 29.8 Å². The monoisotopic (exact) mass is 283 g/mol. The maximum Gasteiger partial charge on any atom is 0.232 e. The summed E-state index contributed by atoms with van der Waals surface area (Å²) in [7, 11) is -3.27. The molecule has 0 saturated carbocycles. The van der Waals surface area contributed by atoms with E-state index in [2.05, 4.69) is 4.72 Å². The van der Waals surface area contributed by atoms with Gasteiger partial charge in [0.25, 0.3) is 0 Å². The Balaban J connectivity index is 2.85. The number of carbonyl (C=O) groups excluding carboxylic acids is 1. The smallest absolute Gasteiger partial charge is 0.232 e. The van der Waals surface area contributed by atoms with Gasteiger partial charge in [-0.1, -0.05) is 13.8 Å². The number of nitrogens with one attached hydrogen (secondary N) is 1. The van der Waals surface area contributed by atoms with E-state index in [0.29, 0.717) is 11.3 Å². The molecule has 0 heterocycles. The van der Waals surface area contributed by atoms with E-state index in [1.165, 1.54) is 0 Å². The average molecular weight is 283 g/mol. The van der Waals surface area contributed by atoms with Gasteiger partial charge in [0, 0.05) is 17.2 Å². The Morgan fingerprint density at radius 2 is 1.63 bits per heavy atom. The molecule has 0 fully saturated rings. The highest BCUT2D eigenvalue weighted by Crippen LogP contribution is 2.18. The van der Waals surface area contributed by atoms with Gasteiger partial charge >= 0.3 is 0 Å². The lowest BCUT2D eigenvalue weighted by Gasteiger charge is -2.11. The van der Waals surface area contributed by atoms with E-state index in [0.717, 1.165) is 12.8 Å². The minimum atomic E-state index is -3.27. The van der Waals surface area contributed by atoms with Crippen LogP contribution in [0.4, 0.5) is 5.69 Å². The third-order valence-corrected chi connectivity index (χ3v) is 4.49. The summed E-state index contributed by atoms with van der Waals surface area (Å²) < 4.78 is 25.3. The van der Waals surface area contributed by atoms with Gasteiger partial charge in [0.05, 0.1) is 5.75 Å². The third kappa shape index (κ3) is 4.35. The van der Waals surface area contributed by atoms with Crippen LogP contribution in [0.5, 0.6) is 0 Å². The summed E-state index contributed by atoms with van der Waals surface area (Å²) in [5, 5.41) is 0. The minimum Gasteiger partial charge on any atom is -0.294 e. The zero-order chi connectivity index (χ0) is 14.5. The van der Waals surface area contributed by atoms with Crippen LogP contribution < -0.4 is 4.72 Å². The standard InChI is InChI=1S/C14H21NO3S/c1-4-11(5-2)14(16)12-7-9-13(10-8-12)15-19(17,18)6-3/h7-11,15H,4-6H2,1-3H3. The molecular weight excluding hydrogens is 262 g/mol. The molecule has 1 N–H and O–H groups in total. The highest BCUT2D eigenvalue weighted by Gasteiger charge is 2.16. The van der Waals surface area contributed by atoms with Gasteiger partial charge in [-0.15, -0.1) is 0 Å². The fraction of sp³-hybridized carbons (Fsp3) is 0.500. The Morgan fingerprint density at radius 1 is 1.11 bits per heavy atom. The van der Waals surface area contributed by atoms with E-state index in [-0.39, 0.29) is 17.5 Å². The summed E-state index contributed by atoms with van der Waals surface area (Å²) in [5.41, 5.74) is 1.12. The second kappa shape index (κ2) is 6.70. The highest BCUT2D eigenvalue weighted by atomic mass is 32.2. The summed E-state index contributed by atoms with van der Waals surface area (Å²) in [4.78, 5) is 12.1. The van der Waals surface area contributed by atoms with E-state index in [4.69, 9.17) is 0 Å². The van der Waals surface area contributed by atoms with Gasteiger partial charge in [0.2, 0.25) is 10.0 Å². The average Bonchev–Trinajstić information content (AvgIpc) is 2.40. The van der Waals surface area contributed by atoms with Crippen molar-refractivity contribution in [2.24, 2.45) is 5.92 Å². The molecule has 1 aromatic rings. The second-order valence-corrected chi connectivity index (χ2v) is 6.47. The van der Waals surface area contributed by atoms with E-state index in [9.17, 15) is 13.2 Å². The SMILES string of the molecule is CCC(CC)C(=O)c1ccc(NS(=O)(=O)CC)cc1. The molecule has 1 aromatic carbocycles. The maximum atomic E-state index is 12.1. The fourth-order valence-electron chi connectivity index (χ4n) is 1.85. The first-order chi connectivity index (χ1) is 8.93. The van der Waals surface area contributed by atoms with Crippen molar-refractivity contribution in [1.29, 1.82) is 0 Å². The molecule has 0 aromatic heterocycles. The Hall–Kier alpha value is -1.36. The number of carbonyl (C=O) groups is 1. The molecule has 0 atom stereocenters. The van der Waals surface area contributed by atoms with Crippen molar-refractivity contribution in [1.82, 2.24) is 0 Å². The zero-order valence-electron chi connectivity index (χ0n) is 11.6. The first-order valence-corrected chi connectivity index (χ1v) is 8.23. The number of benzene rings is 1. The number of ketones is 1. The third-order valence-electron chi connectivity index (χ3n) is 3.18. The van der Waals surface area contributed by atoms with Gasteiger partial charge in [-0.05, 0) is 44.0 Å². The zero-order valence-corrected chi connectivity index (χ0v) is 12.5.